The van der Waals surface area contributed by atoms with Gasteiger partial charge in [0.1, 0.15) is 12.4 Å². The number of aromatic nitrogens is 3. The van der Waals surface area contributed by atoms with Crippen LogP contribution in [0.3, 0.4) is 0 Å². The number of hydrogen-bond acceptors (Lipinski definition) is 19. The van der Waals surface area contributed by atoms with E-state index in [1.807, 2.05) is 48.5 Å². The molecule has 23 nitrogen and oxygen atoms in total. The van der Waals surface area contributed by atoms with E-state index in [0.717, 1.165) is 54.6 Å². The molecule has 1 aliphatic heterocycles. The number of para-hydroxylation sites is 1. The highest BCUT2D eigenvalue weighted by Gasteiger charge is 2.29. The number of ether oxygens (including phenoxy) is 8. The molecule has 2 heterocycles. The molecule has 1 aliphatic rings. The molecule has 1 aromatic heterocycles. The maximum atomic E-state index is 14.0. The first-order valence-electron chi connectivity index (χ1n) is 28.1. The van der Waals surface area contributed by atoms with Gasteiger partial charge in [-0.3, -0.25) is 19.2 Å². The van der Waals surface area contributed by atoms with Crippen molar-refractivity contribution in [3.05, 3.63) is 54.1 Å². The van der Waals surface area contributed by atoms with E-state index in [0.29, 0.717) is 130 Å². The van der Waals surface area contributed by atoms with Gasteiger partial charge in [-0.2, -0.15) is 0 Å². The predicted octanol–water partition coefficient (Wildman–Crippen LogP) is 4.09. The van der Waals surface area contributed by atoms with Crippen molar-refractivity contribution in [2.45, 2.75) is 104 Å². The summed E-state index contributed by atoms with van der Waals surface area (Å²) in [6.07, 6.45) is 3.48. The second kappa shape index (κ2) is 41.6. The van der Waals surface area contributed by atoms with E-state index in [4.69, 9.17) is 58.7 Å². The number of carbonyl (C=O) groups excluding carboxylic acids is 4. The molecule has 4 amide bonds. The second-order valence-corrected chi connectivity index (χ2v) is 21.8. The molecule has 0 radical (unpaired) electrons. The van der Waals surface area contributed by atoms with Gasteiger partial charge in [0.15, 0.2) is 0 Å². The van der Waals surface area contributed by atoms with Crippen molar-refractivity contribution in [1.29, 1.82) is 0 Å². The zero-order valence-electron chi connectivity index (χ0n) is 47.5. The summed E-state index contributed by atoms with van der Waals surface area (Å²) < 4.78 is 56.9. The minimum Gasteiger partial charge on any atom is -0.780 e. The molecule has 3 aromatic rings. The molecule has 4 rings (SSSR count). The topological polar surface area (TPSA) is 266 Å². The minimum absolute atomic E-state index is 0.0142. The molecule has 25 heteroatoms. The molecular formula is C55H88N8O15PS-. The molecule has 2 aromatic carbocycles. The van der Waals surface area contributed by atoms with Crippen LogP contribution in [-0.2, 0) is 91.0 Å². The van der Waals surface area contributed by atoms with Gasteiger partial charge in [0.05, 0.1) is 143 Å². The normalized spacial score (nSPS) is 12.9. The summed E-state index contributed by atoms with van der Waals surface area (Å²) in [6.45, 7) is 13.4. The van der Waals surface area contributed by atoms with E-state index in [1.165, 1.54) is 0 Å². The number of unbranched alkanes of at least 4 members (excludes halogenated alkanes) is 3. The molecule has 4 N–H and O–H groups in total. The number of nitrogens with one attached hydrogen (secondary N) is 4. The Bertz CT molecular complexity index is 2260. The van der Waals surface area contributed by atoms with E-state index < -0.39 is 6.72 Å². The highest BCUT2D eigenvalue weighted by Crippen LogP contribution is 2.42. The van der Waals surface area contributed by atoms with Crippen molar-refractivity contribution in [2.75, 3.05) is 143 Å². The maximum Gasteiger partial charge on any atom is 0.227 e. The number of rotatable bonds is 47. The highest BCUT2D eigenvalue weighted by atomic mass is 32.5. The Kier molecular flexibility index (Phi) is 35.4. The number of carbonyl (C=O) groups is 4. The van der Waals surface area contributed by atoms with E-state index >= 15 is 0 Å². The van der Waals surface area contributed by atoms with Gasteiger partial charge >= 0.3 is 0 Å². The van der Waals surface area contributed by atoms with Crippen molar-refractivity contribution in [1.82, 2.24) is 36.3 Å². The number of benzene rings is 2. The van der Waals surface area contributed by atoms with Gasteiger partial charge in [0, 0.05) is 69.0 Å². The van der Waals surface area contributed by atoms with Crippen molar-refractivity contribution in [2.24, 2.45) is 0 Å². The van der Waals surface area contributed by atoms with Gasteiger partial charge in [-0.15, -0.1) is 5.10 Å². The van der Waals surface area contributed by atoms with Crippen LogP contribution in [0.4, 0.5) is 5.69 Å². The van der Waals surface area contributed by atoms with Crippen LogP contribution >= 0.6 is 6.72 Å². The summed E-state index contributed by atoms with van der Waals surface area (Å²) in [4.78, 5) is 64.9. The summed E-state index contributed by atoms with van der Waals surface area (Å²) in [5.41, 5.74) is 4.66. The highest BCUT2D eigenvalue weighted by molar-refractivity contribution is 8.06. The average molecular weight is 1160 g/mol. The predicted molar refractivity (Wildman–Crippen MR) is 304 cm³/mol. The molecule has 0 spiro atoms. The molecule has 0 aliphatic carbocycles. The first kappa shape index (κ1) is 68.1. The molecule has 0 saturated carbocycles. The Hall–Kier alpha value is -4.37. The van der Waals surface area contributed by atoms with E-state index in [1.54, 1.807) is 23.4 Å². The maximum absolute atomic E-state index is 14.0. The zero-order chi connectivity index (χ0) is 57.5. The Morgan fingerprint density at radius 3 is 1.69 bits per heavy atom. The Balaban J connectivity index is 1.04. The molecule has 0 bridgehead atoms. The summed E-state index contributed by atoms with van der Waals surface area (Å²) in [5, 5.41) is 20.9. The molecule has 450 valence electrons. The average Bonchev–Trinajstić information content (AvgIpc) is 3.84. The van der Waals surface area contributed by atoms with Gasteiger partial charge in [-0.05, 0) is 38.3 Å². The Labute approximate surface area is 477 Å². The third kappa shape index (κ3) is 29.6. The monoisotopic (exact) mass is 1160 g/mol. The number of amides is 4. The molecule has 0 saturated heterocycles. The fourth-order valence-corrected chi connectivity index (χ4v) is 9.59. The fourth-order valence-electron chi connectivity index (χ4n) is 7.92. The first-order valence-corrected chi connectivity index (χ1v) is 30.6. The van der Waals surface area contributed by atoms with Crippen LogP contribution in [-0.4, -0.2) is 189 Å². The summed E-state index contributed by atoms with van der Waals surface area (Å²) in [7, 11) is 0. The van der Waals surface area contributed by atoms with E-state index in [9.17, 15) is 24.1 Å². The van der Waals surface area contributed by atoms with Crippen LogP contribution in [0, 0.1) is 0 Å². The van der Waals surface area contributed by atoms with E-state index in [2.05, 4.69) is 45.4 Å². The van der Waals surface area contributed by atoms with E-state index in [-0.39, 0.29) is 88.3 Å². The number of fused-ring (bicyclic) bond motifs is 5. The van der Waals surface area contributed by atoms with Crippen LogP contribution in [0.1, 0.15) is 84.6 Å². The smallest absolute Gasteiger partial charge is 0.227 e. The summed E-state index contributed by atoms with van der Waals surface area (Å²) >= 11 is 4.85. The van der Waals surface area contributed by atoms with Crippen LogP contribution < -0.4 is 31.1 Å². The Morgan fingerprint density at radius 1 is 0.575 bits per heavy atom. The SMILES string of the molecule is CC(C)NCCOCCOCCOCCNC(=O)CCOCCNC(=O)CCC(=O)N1Cc2ccccc2-c2nnn(CCOCCOCCOCCOCCC(=O)NCCCCCCOP([O-])(=S)OC(C)C)c2-c2ccccc21. The fraction of sp³-hybridized carbons (Fsp3) is 0.673. The number of hydrogen-bond donors (Lipinski definition) is 4. The zero-order valence-corrected chi connectivity index (χ0v) is 49.2. The van der Waals surface area contributed by atoms with Gasteiger partial charge in [0.25, 0.3) is 0 Å². The summed E-state index contributed by atoms with van der Waals surface area (Å²) in [5.74, 6) is -0.720. The molecule has 80 heavy (non-hydrogen) atoms. The standard InChI is InChI=1S/C55H89N8O15PS/c1-44(2)56-22-29-71-34-38-75-39-35-72-31-24-59-52(66)19-27-69-30-23-58-50(64)17-18-53(67)62-43-46-13-7-8-14-47(46)54-55(48-15-9-10-16-49(48)62)63(61-60-54)25-32-73-36-40-76-42-41-74-37-33-70-28-20-51(65)57-21-11-5-6-12-26-77-79(68,80)78-45(3)4/h7-10,13-16,44-45,56H,5-6,11-12,17-43H2,1-4H3,(H,57,65)(H,58,64)(H,59,66)(H,68,80)/p-1. The van der Waals surface area contributed by atoms with Gasteiger partial charge in [-0.1, -0.05) is 86.2 Å². The van der Waals surface area contributed by atoms with Crippen LogP contribution in [0.5, 0.6) is 0 Å². The lowest BCUT2D eigenvalue weighted by Gasteiger charge is -2.29. The molecular weight excluding hydrogens is 1080 g/mol. The van der Waals surface area contributed by atoms with Crippen molar-refractivity contribution < 1.29 is 71.0 Å². The lowest BCUT2D eigenvalue weighted by Crippen LogP contribution is -2.34. The van der Waals surface area contributed by atoms with Crippen LogP contribution in [0.25, 0.3) is 22.5 Å². The summed E-state index contributed by atoms with van der Waals surface area (Å²) in [6, 6.07) is 15.9. The van der Waals surface area contributed by atoms with Crippen molar-refractivity contribution in [3.63, 3.8) is 0 Å². The molecule has 1 unspecified atom stereocenters. The molecule has 1 atom stereocenters. The van der Waals surface area contributed by atoms with Gasteiger partial charge in [-0.25, -0.2) is 4.68 Å². The number of nitrogens with zero attached hydrogens (tertiary/aromatic N) is 4. The third-order valence-corrected chi connectivity index (χ3v) is 13.6. The van der Waals surface area contributed by atoms with Gasteiger partial charge in [0.2, 0.25) is 23.6 Å². The minimum atomic E-state index is -3.42. The van der Waals surface area contributed by atoms with Gasteiger partial charge < -0.3 is 78.0 Å². The lowest BCUT2D eigenvalue weighted by atomic mass is 9.95. The van der Waals surface area contributed by atoms with Crippen molar-refractivity contribution in [3.8, 4) is 22.5 Å². The second-order valence-electron chi connectivity index (χ2n) is 19.1. The van der Waals surface area contributed by atoms with Crippen LogP contribution in [0.15, 0.2) is 48.5 Å². The third-order valence-electron chi connectivity index (χ3n) is 11.8. The van der Waals surface area contributed by atoms with Crippen molar-refractivity contribution >= 4 is 47.8 Å². The first-order chi connectivity index (χ1) is 38.8. The Morgan fingerprint density at radius 2 is 1.07 bits per heavy atom. The lowest BCUT2D eigenvalue weighted by molar-refractivity contribution is -0.209. The quantitative estimate of drug-likeness (QED) is 0.0458. The van der Waals surface area contributed by atoms with Crippen LogP contribution in [0.2, 0.25) is 0 Å². The number of anilines is 1. The largest absolute Gasteiger partial charge is 0.780 e. The molecule has 0 fully saturated rings.